The summed E-state index contributed by atoms with van der Waals surface area (Å²) in [6, 6.07) is 0. The maximum Gasteiger partial charge on any atom is 0.334 e. The number of hydrogen-bond acceptors (Lipinski definition) is 12. The molecule has 59 heavy (non-hydrogen) atoms. The summed E-state index contributed by atoms with van der Waals surface area (Å²) in [5, 5.41) is 0. The van der Waals surface area contributed by atoms with Gasteiger partial charge in [0.15, 0.2) is 0 Å². The molecule has 0 aromatic carbocycles. The fourth-order valence-electron chi connectivity index (χ4n) is 9.46. The molecule has 0 N–H and O–H groups in total. The summed E-state index contributed by atoms with van der Waals surface area (Å²) < 4.78 is 35.9. The number of carbonyl (C=O) groups excluding carboxylic acids is 3. The molecule has 0 spiro atoms. The Morgan fingerprint density at radius 3 is 0.831 bits per heavy atom. The summed E-state index contributed by atoms with van der Waals surface area (Å²) >= 11 is 0. The highest BCUT2D eigenvalue weighted by Crippen LogP contribution is 2.41. The molecular weight excluding hydrogens is 751 g/mol. The van der Waals surface area contributed by atoms with Crippen LogP contribution in [0, 0.1) is 5.41 Å². The summed E-state index contributed by atoms with van der Waals surface area (Å²) in [6.45, 7) is 32.7. The van der Waals surface area contributed by atoms with E-state index in [0.29, 0.717) is 17.3 Å². The predicted molar refractivity (Wildman–Crippen MR) is 232 cm³/mol. The Morgan fingerprint density at radius 1 is 0.458 bits per heavy atom. The van der Waals surface area contributed by atoms with E-state index in [1.165, 1.54) is 18.2 Å². The zero-order chi connectivity index (χ0) is 45.2. The first kappa shape index (κ1) is 50.3. The molecule has 3 rings (SSSR count). The number of rotatable bonds is 15. The number of carbonyl (C=O) groups is 3. The smallest absolute Gasteiger partial charge is 0.334 e. The molecular formula is C47H81N3O9. The van der Waals surface area contributed by atoms with E-state index in [2.05, 4.69) is 119 Å². The Morgan fingerprint density at radius 2 is 0.644 bits per heavy atom. The van der Waals surface area contributed by atoms with Crippen molar-refractivity contribution in [2.75, 3.05) is 41.0 Å². The third-order valence-electron chi connectivity index (χ3n) is 13.5. The van der Waals surface area contributed by atoms with Crippen LogP contribution in [0.3, 0.4) is 0 Å². The highest BCUT2D eigenvalue weighted by molar-refractivity contribution is 5.83. The van der Waals surface area contributed by atoms with Gasteiger partial charge >= 0.3 is 17.9 Å². The molecule has 3 aliphatic rings. The van der Waals surface area contributed by atoms with Crippen LogP contribution in [-0.2, 0) is 42.8 Å². The van der Waals surface area contributed by atoms with Gasteiger partial charge in [-0.25, -0.2) is 14.4 Å². The van der Waals surface area contributed by atoms with Crippen molar-refractivity contribution in [3.8, 4) is 0 Å². The monoisotopic (exact) mass is 832 g/mol. The van der Waals surface area contributed by atoms with E-state index >= 15 is 0 Å². The molecule has 0 aliphatic carbocycles. The van der Waals surface area contributed by atoms with Crippen molar-refractivity contribution in [1.29, 1.82) is 0 Å². The predicted octanol–water partition coefficient (Wildman–Crippen LogP) is 8.34. The van der Waals surface area contributed by atoms with E-state index in [0.717, 1.165) is 38.5 Å². The molecule has 338 valence electrons. The normalized spacial score (nSPS) is 24.6. The number of esters is 3. The van der Waals surface area contributed by atoms with E-state index in [4.69, 9.17) is 28.4 Å². The Hall–Kier alpha value is -3.09. The number of nitrogens with zero attached hydrogens (tertiary/aromatic N) is 3. The number of allylic oxidation sites excluding steroid dienone is 3. The van der Waals surface area contributed by atoms with Crippen LogP contribution in [0.25, 0.3) is 0 Å². The van der Waals surface area contributed by atoms with E-state index in [9.17, 15) is 14.4 Å². The zero-order valence-corrected chi connectivity index (χ0v) is 40.3. The topological polar surface area (TPSA) is 116 Å². The van der Waals surface area contributed by atoms with E-state index in [1.54, 1.807) is 27.7 Å². The lowest BCUT2D eigenvalue weighted by molar-refractivity contribution is -0.154. The van der Waals surface area contributed by atoms with Gasteiger partial charge in [-0.2, -0.15) is 0 Å². The van der Waals surface area contributed by atoms with Gasteiger partial charge in [0.05, 0.1) is 23.6 Å². The van der Waals surface area contributed by atoms with Gasteiger partial charge in [-0.15, -0.1) is 0 Å². The van der Waals surface area contributed by atoms with Gasteiger partial charge in [0.2, 0.25) is 0 Å². The SMILES string of the molecule is C/C(=C/C(=O)OCC(C)(COC(=O)/C=C(/C)OC1CC(C)(C)N(C)C(C)(C)C1)COC(=O)/C=C(/C)OC1CC(C)(C)N(C)C(C)(C)C1)OC1CC(C)(C)N(C)C(C)(C)C1. The molecule has 0 aromatic heterocycles. The quantitative estimate of drug-likeness (QED) is 0.0684. The lowest BCUT2D eigenvalue weighted by Gasteiger charge is -2.53. The first-order chi connectivity index (χ1) is 26.7. The van der Waals surface area contributed by atoms with Gasteiger partial charge in [-0.3, -0.25) is 14.7 Å². The maximum atomic E-state index is 13.2. The van der Waals surface area contributed by atoms with Crippen LogP contribution in [0.5, 0.6) is 0 Å². The highest BCUT2D eigenvalue weighted by atomic mass is 16.6. The summed E-state index contributed by atoms with van der Waals surface area (Å²) in [6.07, 6.45) is 8.64. The van der Waals surface area contributed by atoms with Crippen LogP contribution in [0.1, 0.15) is 149 Å². The van der Waals surface area contributed by atoms with Crippen molar-refractivity contribution in [2.24, 2.45) is 5.41 Å². The van der Waals surface area contributed by atoms with Crippen molar-refractivity contribution in [1.82, 2.24) is 14.7 Å². The summed E-state index contributed by atoms with van der Waals surface area (Å²) in [7, 11) is 6.40. The Bertz CT molecular complexity index is 1370. The second-order valence-corrected chi connectivity index (χ2v) is 21.9. The van der Waals surface area contributed by atoms with Gasteiger partial charge in [0.1, 0.15) is 55.4 Å². The molecule has 0 unspecified atom stereocenters. The third kappa shape index (κ3) is 14.0. The summed E-state index contributed by atoms with van der Waals surface area (Å²) in [5.41, 5.74) is -1.55. The first-order valence-electron chi connectivity index (χ1n) is 21.5. The fraction of sp³-hybridized carbons (Fsp3) is 0.809. The van der Waals surface area contributed by atoms with Gasteiger partial charge < -0.3 is 28.4 Å². The van der Waals surface area contributed by atoms with Crippen LogP contribution in [0.15, 0.2) is 35.5 Å². The molecule has 0 radical (unpaired) electrons. The average molecular weight is 832 g/mol. The van der Waals surface area contributed by atoms with Crippen LogP contribution in [0.2, 0.25) is 0 Å². The van der Waals surface area contributed by atoms with Crippen molar-refractivity contribution < 1.29 is 42.8 Å². The molecule has 3 saturated heterocycles. The van der Waals surface area contributed by atoms with Gasteiger partial charge in [0.25, 0.3) is 0 Å². The molecule has 0 aromatic rings. The molecule has 3 aliphatic heterocycles. The van der Waals surface area contributed by atoms with Crippen molar-refractivity contribution in [3.63, 3.8) is 0 Å². The molecule has 3 heterocycles. The number of piperidine rings is 3. The zero-order valence-electron chi connectivity index (χ0n) is 40.3. The molecule has 12 heteroatoms. The second-order valence-electron chi connectivity index (χ2n) is 21.9. The Kier molecular flexibility index (Phi) is 15.8. The summed E-state index contributed by atoms with van der Waals surface area (Å²) in [4.78, 5) is 46.6. The Balaban J connectivity index is 1.70. The average Bonchev–Trinajstić information content (AvgIpc) is 3.05. The van der Waals surface area contributed by atoms with Crippen LogP contribution < -0.4 is 0 Å². The van der Waals surface area contributed by atoms with Crippen LogP contribution in [0.4, 0.5) is 0 Å². The largest absolute Gasteiger partial charge is 0.495 e. The lowest BCUT2D eigenvalue weighted by atomic mass is 9.78. The molecule has 0 saturated carbocycles. The van der Waals surface area contributed by atoms with Crippen LogP contribution >= 0.6 is 0 Å². The number of likely N-dealkylation sites (tertiary alicyclic amines) is 3. The van der Waals surface area contributed by atoms with E-state index in [-0.39, 0.29) is 71.4 Å². The fourth-order valence-corrected chi connectivity index (χ4v) is 9.46. The van der Waals surface area contributed by atoms with Crippen molar-refractivity contribution in [3.05, 3.63) is 35.5 Å². The van der Waals surface area contributed by atoms with E-state index in [1.807, 2.05) is 0 Å². The minimum atomic E-state index is -1.08. The third-order valence-corrected chi connectivity index (χ3v) is 13.5. The van der Waals surface area contributed by atoms with Crippen molar-refractivity contribution in [2.45, 2.75) is 201 Å². The van der Waals surface area contributed by atoms with Gasteiger partial charge in [-0.1, -0.05) is 0 Å². The highest BCUT2D eigenvalue weighted by Gasteiger charge is 2.46. The molecule has 3 fully saturated rings. The molecule has 12 nitrogen and oxygen atoms in total. The second kappa shape index (κ2) is 18.5. The standard InChI is InChI=1S/C47H81N3O9/c1-32(57-35-23-41(4,5)48(17)42(6,7)24-35)20-38(51)54-29-47(16,30-55-39(52)21-33(2)58-36-25-43(8,9)49(18)44(10,11)26-36)31-56-40(53)22-34(3)59-37-27-45(12,13)50(19)46(14,15)28-37/h20-22,35-37H,23-31H2,1-19H3/b32-20-,33-21-,34-22-. The van der Waals surface area contributed by atoms with Crippen molar-refractivity contribution >= 4 is 17.9 Å². The van der Waals surface area contributed by atoms with Gasteiger partial charge in [0, 0.05) is 71.8 Å². The summed E-state index contributed by atoms with van der Waals surface area (Å²) in [5.74, 6) is -0.490. The number of hydrogen-bond donors (Lipinski definition) is 0. The lowest BCUT2D eigenvalue weighted by Crippen LogP contribution is -2.60. The molecule has 0 atom stereocenters. The molecule has 0 bridgehead atoms. The minimum Gasteiger partial charge on any atom is -0.495 e. The molecule has 0 amide bonds. The maximum absolute atomic E-state index is 13.2. The van der Waals surface area contributed by atoms with Gasteiger partial charge in [-0.05, 0) is 132 Å². The Labute approximate surface area is 357 Å². The minimum absolute atomic E-state index is 0.0693. The van der Waals surface area contributed by atoms with E-state index < -0.39 is 23.3 Å². The first-order valence-corrected chi connectivity index (χ1v) is 21.5. The van der Waals surface area contributed by atoms with Crippen LogP contribution in [-0.4, -0.2) is 125 Å². The number of ether oxygens (including phenoxy) is 6.